The average Bonchev–Trinajstić information content (AvgIpc) is 2.35. The molecule has 0 aliphatic carbocycles. The van der Waals surface area contributed by atoms with Crippen molar-refractivity contribution in [1.82, 2.24) is 0 Å². The number of benzene rings is 1. The SMILES string of the molecule is COc1cc(C(C)(C)CC(=O)O)c(OC)c(F)c1OC. The molecule has 0 heterocycles. The number of hydrogen-bond donors (Lipinski definition) is 1. The summed E-state index contributed by atoms with van der Waals surface area (Å²) in [7, 11) is 4.03. The second-order valence-electron chi connectivity index (χ2n) is 4.96. The van der Waals surface area contributed by atoms with Gasteiger partial charge in [-0.2, -0.15) is 4.39 Å². The first kappa shape index (κ1) is 16.1. The molecule has 0 radical (unpaired) electrons. The van der Waals surface area contributed by atoms with E-state index in [1.165, 1.54) is 21.3 Å². The lowest BCUT2D eigenvalue weighted by atomic mass is 9.80. The number of ether oxygens (including phenoxy) is 3. The average molecular weight is 286 g/mol. The van der Waals surface area contributed by atoms with Crippen LogP contribution in [0.2, 0.25) is 0 Å². The Morgan fingerprint density at radius 1 is 1.20 bits per heavy atom. The number of aliphatic carboxylic acids is 1. The maximum absolute atomic E-state index is 14.4. The molecule has 0 fully saturated rings. The summed E-state index contributed by atoms with van der Waals surface area (Å²) in [6.45, 7) is 3.40. The summed E-state index contributed by atoms with van der Waals surface area (Å²) in [4.78, 5) is 11.0. The summed E-state index contributed by atoms with van der Waals surface area (Å²) in [5.41, 5.74) is -0.407. The van der Waals surface area contributed by atoms with E-state index in [1.54, 1.807) is 19.9 Å². The Hall–Kier alpha value is -1.98. The largest absolute Gasteiger partial charge is 0.493 e. The van der Waals surface area contributed by atoms with E-state index in [0.29, 0.717) is 5.56 Å². The van der Waals surface area contributed by atoms with Crippen LogP contribution >= 0.6 is 0 Å². The second kappa shape index (κ2) is 5.98. The number of carboxylic acids is 1. The maximum atomic E-state index is 14.4. The quantitative estimate of drug-likeness (QED) is 0.870. The van der Waals surface area contributed by atoms with E-state index in [0.717, 1.165) is 0 Å². The molecule has 20 heavy (non-hydrogen) atoms. The topological polar surface area (TPSA) is 65.0 Å². The third-order valence-electron chi connectivity index (χ3n) is 3.09. The molecule has 5 nitrogen and oxygen atoms in total. The molecule has 0 aliphatic heterocycles. The standard InChI is InChI=1S/C14H19FO5/c1-14(2,7-10(16)17)8-6-9(18-3)13(20-5)11(15)12(8)19-4/h6H,7H2,1-5H3,(H,16,17). The molecule has 1 N–H and O–H groups in total. The Bertz CT molecular complexity index is 511. The van der Waals surface area contributed by atoms with Crippen LogP contribution in [0.1, 0.15) is 25.8 Å². The van der Waals surface area contributed by atoms with E-state index >= 15 is 0 Å². The predicted molar refractivity (Wildman–Crippen MR) is 71.3 cm³/mol. The number of halogens is 1. The maximum Gasteiger partial charge on any atom is 0.304 e. The molecule has 112 valence electrons. The molecule has 0 aliphatic rings. The van der Waals surface area contributed by atoms with Crippen molar-refractivity contribution in [3.05, 3.63) is 17.4 Å². The highest BCUT2D eigenvalue weighted by molar-refractivity contribution is 5.69. The molecule has 1 rings (SSSR count). The van der Waals surface area contributed by atoms with Crippen LogP contribution in [0.15, 0.2) is 6.07 Å². The van der Waals surface area contributed by atoms with Crippen LogP contribution in [0.3, 0.4) is 0 Å². The van der Waals surface area contributed by atoms with Crippen LogP contribution in [0, 0.1) is 5.82 Å². The minimum absolute atomic E-state index is 0.0334. The van der Waals surface area contributed by atoms with Gasteiger partial charge in [-0.1, -0.05) is 13.8 Å². The molecule has 0 aromatic heterocycles. The van der Waals surface area contributed by atoms with Gasteiger partial charge in [0.2, 0.25) is 11.6 Å². The number of methoxy groups -OCH3 is 3. The lowest BCUT2D eigenvalue weighted by molar-refractivity contribution is -0.138. The monoisotopic (exact) mass is 286 g/mol. The van der Waals surface area contributed by atoms with Crippen LogP contribution in [0.4, 0.5) is 4.39 Å². The zero-order chi connectivity index (χ0) is 15.5. The van der Waals surface area contributed by atoms with Gasteiger partial charge >= 0.3 is 5.97 Å². The van der Waals surface area contributed by atoms with Crippen LogP contribution in [-0.2, 0) is 10.2 Å². The molecule has 0 saturated heterocycles. The molecular formula is C14H19FO5. The van der Waals surface area contributed by atoms with E-state index in [2.05, 4.69) is 0 Å². The molecule has 0 unspecified atom stereocenters. The molecule has 0 saturated carbocycles. The van der Waals surface area contributed by atoms with Gasteiger partial charge in [-0.25, -0.2) is 0 Å². The fourth-order valence-corrected chi connectivity index (χ4v) is 2.11. The van der Waals surface area contributed by atoms with Gasteiger partial charge in [-0.15, -0.1) is 0 Å². The van der Waals surface area contributed by atoms with Gasteiger partial charge in [0, 0.05) is 11.0 Å². The first-order chi connectivity index (χ1) is 9.28. The van der Waals surface area contributed by atoms with Gasteiger partial charge in [0.05, 0.1) is 27.8 Å². The van der Waals surface area contributed by atoms with Gasteiger partial charge in [-0.05, 0) is 6.07 Å². The predicted octanol–water partition coefficient (Wildman–Crippen LogP) is 2.60. The van der Waals surface area contributed by atoms with Crippen molar-refractivity contribution < 1.29 is 28.5 Å². The van der Waals surface area contributed by atoms with Crippen LogP contribution < -0.4 is 14.2 Å². The Morgan fingerprint density at radius 3 is 2.15 bits per heavy atom. The van der Waals surface area contributed by atoms with Crippen molar-refractivity contribution in [3.8, 4) is 17.2 Å². The zero-order valence-electron chi connectivity index (χ0n) is 12.2. The van der Waals surface area contributed by atoms with E-state index in [4.69, 9.17) is 19.3 Å². The third kappa shape index (κ3) is 2.95. The van der Waals surface area contributed by atoms with Crippen LogP contribution in [-0.4, -0.2) is 32.4 Å². The lowest BCUT2D eigenvalue weighted by Gasteiger charge is -2.27. The summed E-state index contributed by atoms with van der Waals surface area (Å²) < 4.78 is 29.5. The van der Waals surface area contributed by atoms with E-state index < -0.39 is 17.2 Å². The Morgan fingerprint density at radius 2 is 1.75 bits per heavy atom. The van der Waals surface area contributed by atoms with Crippen molar-refractivity contribution in [2.75, 3.05) is 21.3 Å². The molecule has 0 spiro atoms. The number of carbonyl (C=O) groups is 1. The van der Waals surface area contributed by atoms with Gasteiger partial charge in [-0.3, -0.25) is 4.79 Å². The molecule has 6 heteroatoms. The van der Waals surface area contributed by atoms with Crippen molar-refractivity contribution in [1.29, 1.82) is 0 Å². The van der Waals surface area contributed by atoms with Crippen molar-refractivity contribution in [3.63, 3.8) is 0 Å². The fraction of sp³-hybridized carbons (Fsp3) is 0.500. The lowest BCUT2D eigenvalue weighted by Crippen LogP contribution is -2.23. The Labute approximate surface area is 117 Å². The first-order valence-corrected chi connectivity index (χ1v) is 5.99. The number of hydrogen-bond acceptors (Lipinski definition) is 4. The van der Waals surface area contributed by atoms with Crippen molar-refractivity contribution in [2.24, 2.45) is 0 Å². The van der Waals surface area contributed by atoms with Crippen molar-refractivity contribution >= 4 is 5.97 Å². The smallest absolute Gasteiger partial charge is 0.304 e. The van der Waals surface area contributed by atoms with Crippen molar-refractivity contribution in [2.45, 2.75) is 25.7 Å². The summed E-state index contributed by atoms with van der Waals surface area (Å²) in [5.74, 6) is -1.59. The van der Waals surface area contributed by atoms with Crippen LogP contribution in [0.5, 0.6) is 17.2 Å². The zero-order valence-corrected chi connectivity index (χ0v) is 12.2. The minimum Gasteiger partial charge on any atom is -0.493 e. The summed E-state index contributed by atoms with van der Waals surface area (Å²) in [6, 6.07) is 1.55. The fourth-order valence-electron chi connectivity index (χ4n) is 2.11. The normalized spacial score (nSPS) is 11.1. The molecule has 0 bridgehead atoms. The number of rotatable bonds is 6. The minimum atomic E-state index is -0.979. The van der Waals surface area contributed by atoms with Gasteiger partial charge in [0.25, 0.3) is 0 Å². The highest BCUT2D eigenvalue weighted by atomic mass is 19.1. The Balaban J connectivity index is 3.53. The van der Waals surface area contributed by atoms with E-state index in [9.17, 15) is 9.18 Å². The third-order valence-corrected chi connectivity index (χ3v) is 3.09. The molecule has 0 amide bonds. The van der Waals surface area contributed by atoms with Crippen LogP contribution in [0.25, 0.3) is 0 Å². The van der Waals surface area contributed by atoms with E-state index in [-0.39, 0.29) is 23.7 Å². The highest BCUT2D eigenvalue weighted by Gasteiger charge is 2.32. The van der Waals surface area contributed by atoms with Gasteiger partial charge in [0.1, 0.15) is 0 Å². The molecule has 0 atom stereocenters. The molecular weight excluding hydrogens is 267 g/mol. The summed E-state index contributed by atoms with van der Waals surface area (Å²) in [6.07, 6.45) is -0.168. The molecule has 1 aromatic rings. The highest BCUT2D eigenvalue weighted by Crippen LogP contribution is 2.44. The second-order valence-corrected chi connectivity index (χ2v) is 4.96. The molecule has 1 aromatic carbocycles. The van der Waals surface area contributed by atoms with Gasteiger partial charge in [0.15, 0.2) is 11.5 Å². The van der Waals surface area contributed by atoms with E-state index in [1.807, 2.05) is 0 Å². The summed E-state index contributed by atoms with van der Waals surface area (Å²) in [5, 5.41) is 8.98. The first-order valence-electron chi connectivity index (χ1n) is 5.99. The van der Waals surface area contributed by atoms with Gasteiger partial charge < -0.3 is 19.3 Å². The summed E-state index contributed by atoms with van der Waals surface area (Å²) >= 11 is 0. The Kier molecular flexibility index (Phi) is 4.81. The number of carboxylic acid groups (broad SMARTS) is 1.